The first kappa shape index (κ1) is 12.1. The number of hydrogen-bond acceptors (Lipinski definition) is 3. The number of fused-ring (bicyclic) bond motifs is 1. The molecular formula is C15H14N2OS. The maximum atomic E-state index is 12.3. The summed E-state index contributed by atoms with van der Waals surface area (Å²) in [7, 11) is 1.87. The van der Waals surface area contributed by atoms with Gasteiger partial charge >= 0.3 is 0 Å². The highest BCUT2D eigenvalue weighted by molar-refractivity contribution is 7.07. The van der Waals surface area contributed by atoms with Gasteiger partial charge in [0.25, 0.3) is 0 Å². The summed E-state index contributed by atoms with van der Waals surface area (Å²) in [4.78, 5) is 12.3. The first-order chi connectivity index (χ1) is 9.25. The second-order valence-electron chi connectivity index (χ2n) is 4.54. The van der Waals surface area contributed by atoms with Gasteiger partial charge in [0.05, 0.1) is 5.52 Å². The molecule has 0 unspecified atom stereocenters. The molecule has 0 saturated carbocycles. The Hall–Kier alpha value is -1.94. The van der Waals surface area contributed by atoms with Crippen molar-refractivity contribution in [3.63, 3.8) is 0 Å². The normalized spacial score (nSPS) is 11.0. The second-order valence-corrected chi connectivity index (χ2v) is 5.32. The SMILES string of the molecule is Cn1nc(C(=O)CCc2ccsc2)c2ccccc21. The van der Waals surface area contributed by atoms with Crippen LogP contribution in [0.25, 0.3) is 10.9 Å². The molecule has 0 aliphatic heterocycles. The third-order valence-corrected chi connectivity index (χ3v) is 3.97. The molecule has 0 saturated heterocycles. The molecule has 0 atom stereocenters. The van der Waals surface area contributed by atoms with Crippen molar-refractivity contribution in [3.8, 4) is 0 Å². The Kier molecular flexibility index (Phi) is 3.17. The van der Waals surface area contributed by atoms with Crippen LogP contribution >= 0.6 is 11.3 Å². The average molecular weight is 270 g/mol. The van der Waals surface area contributed by atoms with E-state index >= 15 is 0 Å². The predicted molar refractivity (Wildman–Crippen MR) is 77.7 cm³/mol. The summed E-state index contributed by atoms with van der Waals surface area (Å²) in [6, 6.07) is 9.91. The molecule has 3 rings (SSSR count). The lowest BCUT2D eigenvalue weighted by Crippen LogP contribution is -2.03. The number of ketones is 1. The zero-order chi connectivity index (χ0) is 13.2. The minimum Gasteiger partial charge on any atom is -0.292 e. The number of hydrogen-bond donors (Lipinski definition) is 0. The molecule has 0 N–H and O–H groups in total. The van der Waals surface area contributed by atoms with Crippen LogP contribution in [0.2, 0.25) is 0 Å². The molecule has 0 amide bonds. The third kappa shape index (κ3) is 2.31. The van der Waals surface area contributed by atoms with Crippen molar-refractivity contribution in [1.82, 2.24) is 9.78 Å². The van der Waals surface area contributed by atoms with Crippen LogP contribution < -0.4 is 0 Å². The van der Waals surface area contributed by atoms with Crippen molar-refractivity contribution < 1.29 is 4.79 Å². The molecule has 1 aromatic carbocycles. The molecule has 96 valence electrons. The Morgan fingerprint density at radius 1 is 1.32 bits per heavy atom. The fourth-order valence-electron chi connectivity index (χ4n) is 2.23. The van der Waals surface area contributed by atoms with Gasteiger partial charge < -0.3 is 0 Å². The minimum absolute atomic E-state index is 0.114. The first-order valence-electron chi connectivity index (χ1n) is 6.22. The maximum absolute atomic E-state index is 12.3. The van der Waals surface area contributed by atoms with Crippen LogP contribution in [0.15, 0.2) is 41.1 Å². The van der Waals surface area contributed by atoms with E-state index in [-0.39, 0.29) is 5.78 Å². The van der Waals surface area contributed by atoms with Gasteiger partial charge in [-0.05, 0) is 34.9 Å². The van der Waals surface area contributed by atoms with E-state index in [1.54, 1.807) is 16.0 Å². The number of rotatable bonds is 4. The number of nitrogens with zero attached hydrogens (tertiary/aromatic N) is 2. The van der Waals surface area contributed by atoms with Gasteiger partial charge in [-0.3, -0.25) is 9.48 Å². The highest BCUT2D eigenvalue weighted by atomic mass is 32.1. The molecular weight excluding hydrogens is 256 g/mol. The van der Waals surface area contributed by atoms with E-state index in [1.807, 2.05) is 36.7 Å². The number of carbonyl (C=O) groups excluding carboxylic acids is 1. The Bertz CT molecular complexity index is 713. The first-order valence-corrected chi connectivity index (χ1v) is 7.16. The number of aryl methyl sites for hydroxylation is 2. The molecule has 0 aliphatic carbocycles. The predicted octanol–water partition coefficient (Wildman–Crippen LogP) is 3.45. The number of carbonyl (C=O) groups is 1. The number of aromatic nitrogens is 2. The van der Waals surface area contributed by atoms with Crippen LogP contribution in [0.5, 0.6) is 0 Å². The van der Waals surface area contributed by atoms with Gasteiger partial charge in [-0.15, -0.1) is 0 Å². The fourth-order valence-corrected chi connectivity index (χ4v) is 2.93. The quantitative estimate of drug-likeness (QED) is 0.681. The van der Waals surface area contributed by atoms with Crippen molar-refractivity contribution >= 4 is 28.0 Å². The van der Waals surface area contributed by atoms with E-state index in [0.717, 1.165) is 17.3 Å². The highest BCUT2D eigenvalue weighted by Gasteiger charge is 2.15. The summed E-state index contributed by atoms with van der Waals surface area (Å²) >= 11 is 1.66. The van der Waals surface area contributed by atoms with Crippen molar-refractivity contribution in [1.29, 1.82) is 0 Å². The zero-order valence-corrected chi connectivity index (χ0v) is 11.5. The van der Waals surface area contributed by atoms with E-state index in [2.05, 4.69) is 16.5 Å². The Morgan fingerprint density at radius 2 is 2.16 bits per heavy atom. The molecule has 0 bridgehead atoms. The lowest BCUT2D eigenvalue weighted by molar-refractivity contribution is 0.0979. The fraction of sp³-hybridized carbons (Fsp3) is 0.200. The smallest absolute Gasteiger partial charge is 0.184 e. The molecule has 0 radical (unpaired) electrons. The molecule has 3 nitrogen and oxygen atoms in total. The monoisotopic (exact) mass is 270 g/mol. The standard InChI is InChI=1S/C15H14N2OS/c1-17-13-5-3-2-4-12(13)15(16-17)14(18)7-6-11-8-9-19-10-11/h2-5,8-10H,6-7H2,1H3. The molecule has 2 heterocycles. The summed E-state index contributed by atoms with van der Waals surface area (Å²) in [6.07, 6.45) is 1.30. The number of thiophene rings is 1. The summed E-state index contributed by atoms with van der Waals surface area (Å²) in [5, 5.41) is 9.43. The maximum Gasteiger partial charge on any atom is 0.184 e. The van der Waals surface area contributed by atoms with Gasteiger partial charge in [0.15, 0.2) is 5.78 Å². The number of benzene rings is 1. The van der Waals surface area contributed by atoms with Crippen LogP contribution in [0, 0.1) is 0 Å². The largest absolute Gasteiger partial charge is 0.292 e. The molecule has 0 fully saturated rings. The van der Waals surface area contributed by atoms with Gasteiger partial charge in [-0.2, -0.15) is 16.4 Å². The summed E-state index contributed by atoms with van der Waals surface area (Å²) < 4.78 is 1.77. The third-order valence-electron chi connectivity index (χ3n) is 3.24. The van der Waals surface area contributed by atoms with E-state index in [0.29, 0.717) is 12.1 Å². The summed E-state index contributed by atoms with van der Waals surface area (Å²) in [5.41, 5.74) is 2.81. The van der Waals surface area contributed by atoms with Gasteiger partial charge in [0.2, 0.25) is 0 Å². The van der Waals surface area contributed by atoms with Crippen molar-refractivity contribution in [2.45, 2.75) is 12.8 Å². The highest BCUT2D eigenvalue weighted by Crippen LogP contribution is 2.19. The van der Waals surface area contributed by atoms with Crippen LogP contribution in [0.1, 0.15) is 22.5 Å². The lowest BCUT2D eigenvalue weighted by Gasteiger charge is -1.97. The average Bonchev–Trinajstić information content (AvgIpc) is 3.05. The summed E-state index contributed by atoms with van der Waals surface area (Å²) in [5.74, 6) is 0.114. The Balaban J connectivity index is 1.85. The van der Waals surface area contributed by atoms with Crippen LogP contribution in [0.4, 0.5) is 0 Å². The van der Waals surface area contributed by atoms with Crippen LogP contribution in [0.3, 0.4) is 0 Å². The number of Topliss-reactive ketones (excluding diaryl/α,β-unsaturated/α-hetero) is 1. The van der Waals surface area contributed by atoms with Crippen molar-refractivity contribution in [3.05, 3.63) is 52.3 Å². The second kappa shape index (κ2) is 4.97. The molecule has 3 aromatic rings. The molecule has 2 aromatic heterocycles. The lowest BCUT2D eigenvalue weighted by atomic mass is 10.1. The number of para-hydroxylation sites is 1. The molecule has 0 spiro atoms. The Morgan fingerprint density at radius 3 is 2.95 bits per heavy atom. The van der Waals surface area contributed by atoms with Gasteiger partial charge in [-0.25, -0.2) is 0 Å². The van der Waals surface area contributed by atoms with Gasteiger partial charge in [0.1, 0.15) is 5.69 Å². The van der Waals surface area contributed by atoms with E-state index in [4.69, 9.17) is 0 Å². The van der Waals surface area contributed by atoms with Gasteiger partial charge in [0, 0.05) is 18.9 Å². The molecule has 0 aliphatic rings. The Labute approximate surface area is 115 Å². The minimum atomic E-state index is 0.114. The van der Waals surface area contributed by atoms with Crippen molar-refractivity contribution in [2.24, 2.45) is 7.05 Å². The topological polar surface area (TPSA) is 34.9 Å². The van der Waals surface area contributed by atoms with Gasteiger partial charge in [-0.1, -0.05) is 18.2 Å². The van der Waals surface area contributed by atoms with Crippen LogP contribution in [-0.2, 0) is 13.5 Å². The zero-order valence-electron chi connectivity index (χ0n) is 10.7. The van der Waals surface area contributed by atoms with Crippen LogP contribution in [-0.4, -0.2) is 15.6 Å². The van der Waals surface area contributed by atoms with Crippen molar-refractivity contribution in [2.75, 3.05) is 0 Å². The molecule has 4 heteroatoms. The van der Waals surface area contributed by atoms with E-state index in [1.165, 1.54) is 5.56 Å². The summed E-state index contributed by atoms with van der Waals surface area (Å²) in [6.45, 7) is 0. The molecule has 19 heavy (non-hydrogen) atoms. The van der Waals surface area contributed by atoms with E-state index < -0.39 is 0 Å². The van der Waals surface area contributed by atoms with E-state index in [9.17, 15) is 4.79 Å².